The van der Waals surface area contributed by atoms with Crippen LogP contribution in [0.15, 0.2) is 35.1 Å². The maximum atomic E-state index is 12.2. The van der Waals surface area contributed by atoms with E-state index in [0.29, 0.717) is 18.6 Å². The number of pyridine rings is 1. The first kappa shape index (κ1) is 14.2. The van der Waals surface area contributed by atoms with Gasteiger partial charge in [-0.3, -0.25) is 14.6 Å². The van der Waals surface area contributed by atoms with Crippen LogP contribution in [0.1, 0.15) is 29.8 Å². The van der Waals surface area contributed by atoms with E-state index in [-0.39, 0.29) is 11.7 Å². The lowest BCUT2D eigenvalue weighted by atomic mass is 10.0. The van der Waals surface area contributed by atoms with Gasteiger partial charge in [-0.2, -0.15) is 0 Å². The molecule has 0 bridgehead atoms. The van der Waals surface area contributed by atoms with Crippen LogP contribution in [0.2, 0.25) is 0 Å². The van der Waals surface area contributed by atoms with E-state index in [4.69, 9.17) is 9.63 Å². The van der Waals surface area contributed by atoms with Crippen molar-refractivity contribution in [2.24, 2.45) is 5.92 Å². The van der Waals surface area contributed by atoms with Crippen molar-refractivity contribution < 1.29 is 19.2 Å². The van der Waals surface area contributed by atoms with Crippen LogP contribution in [-0.4, -0.2) is 33.2 Å². The third-order valence-electron chi connectivity index (χ3n) is 3.84. The number of hydrogen-bond acceptors (Lipinski definition) is 5. The second-order valence-electron chi connectivity index (χ2n) is 5.27. The summed E-state index contributed by atoms with van der Waals surface area (Å²) in [7, 11) is 0. The monoisotopic (exact) mass is 301 g/mol. The van der Waals surface area contributed by atoms with Crippen LogP contribution < -0.4 is 5.32 Å². The number of aliphatic carboxylic acids is 1. The lowest BCUT2D eigenvalue weighted by molar-refractivity contribution is -0.142. The molecule has 1 fully saturated rings. The Kier molecular flexibility index (Phi) is 3.86. The standard InChI is InChI=1S/C15H15N3O4/c19-14(17-11-5-1-4-10(11)15(20)21)12-7-13(22-18-12)9-3-2-6-16-8-9/h2-3,6-8,10-11H,1,4-5H2,(H,17,19)(H,20,21)/t10-,11+/m1/s1. The Morgan fingerprint density at radius 3 is 2.95 bits per heavy atom. The minimum atomic E-state index is -0.876. The molecule has 0 unspecified atom stereocenters. The number of carbonyl (C=O) groups is 2. The summed E-state index contributed by atoms with van der Waals surface area (Å²) in [6, 6.07) is 4.72. The lowest BCUT2D eigenvalue weighted by Gasteiger charge is -2.16. The molecule has 3 rings (SSSR count). The minimum absolute atomic E-state index is 0.134. The molecule has 7 nitrogen and oxygen atoms in total. The van der Waals surface area contributed by atoms with Crippen LogP contribution in [0.25, 0.3) is 11.3 Å². The van der Waals surface area contributed by atoms with Gasteiger partial charge in [0, 0.05) is 30.1 Å². The number of nitrogens with one attached hydrogen (secondary N) is 1. The molecule has 1 aliphatic rings. The van der Waals surface area contributed by atoms with Gasteiger partial charge in [-0.1, -0.05) is 11.6 Å². The van der Waals surface area contributed by atoms with Gasteiger partial charge in [-0.15, -0.1) is 0 Å². The first-order valence-electron chi connectivity index (χ1n) is 7.06. The predicted molar refractivity (Wildman–Crippen MR) is 76.0 cm³/mol. The predicted octanol–water partition coefficient (Wildman–Crippen LogP) is 1.72. The fourth-order valence-electron chi connectivity index (χ4n) is 2.70. The van der Waals surface area contributed by atoms with Crippen LogP contribution in [0.4, 0.5) is 0 Å². The van der Waals surface area contributed by atoms with E-state index in [1.54, 1.807) is 24.5 Å². The van der Waals surface area contributed by atoms with Crippen molar-refractivity contribution in [2.75, 3.05) is 0 Å². The highest BCUT2D eigenvalue weighted by Gasteiger charge is 2.34. The molecule has 2 N–H and O–H groups in total. The zero-order valence-corrected chi connectivity index (χ0v) is 11.7. The van der Waals surface area contributed by atoms with Crippen molar-refractivity contribution in [1.82, 2.24) is 15.5 Å². The number of carboxylic acids is 1. The molecule has 1 aliphatic carbocycles. The van der Waals surface area contributed by atoms with Gasteiger partial charge in [0.2, 0.25) is 0 Å². The Bertz CT molecular complexity index is 683. The van der Waals surface area contributed by atoms with Crippen molar-refractivity contribution in [3.05, 3.63) is 36.3 Å². The van der Waals surface area contributed by atoms with Crippen molar-refractivity contribution in [3.8, 4) is 11.3 Å². The first-order chi connectivity index (χ1) is 10.6. The Morgan fingerprint density at radius 2 is 2.23 bits per heavy atom. The molecule has 0 saturated heterocycles. The molecule has 2 aromatic rings. The molecule has 2 atom stereocenters. The van der Waals surface area contributed by atoms with Gasteiger partial charge in [-0.25, -0.2) is 0 Å². The molecule has 0 aromatic carbocycles. The maximum Gasteiger partial charge on any atom is 0.308 e. The summed E-state index contributed by atoms with van der Waals surface area (Å²) in [4.78, 5) is 27.3. The van der Waals surface area contributed by atoms with E-state index in [2.05, 4.69) is 15.5 Å². The summed E-state index contributed by atoms with van der Waals surface area (Å²) < 4.78 is 5.14. The van der Waals surface area contributed by atoms with E-state index >= 15 is 0 Å². The van der Waals surface area contributed by atoms with Crippen molar-refractivity contribution in [3.63, 3.8) is 0 Å². The van der Waals surface area contributed by atoms with E-state index in [0.717, 1.165) is 12.0 Å². The lowest BCUT2D eigenvalue weighted by Crippen LogP contribution is -2.40. The van der Waals surface area contributed by atoms with Gasteiger partial charge in [0.1, 0.15) is 0 Å². The minimum Gasteiger partial charge on any atom is -0.481 e. The summed E-state index contributed by atoms with van der Waals surface area (Å²) in [5.74, 6) is -1.39. The van der Waals surface area contributed by atoms with Crippen molar-refractivity contribution >= 4 is 11.9 Å². The third kappa shape index (κ3) is 2.83. The van der Waals surface area contributed by atoms with Crippen LogP contribution in [-0.2, 0) is 4.79 Å². The summed E-state index contributed by atoms with van der Waals surface area (Å²) in [6.07, 6.45) is 5.29. The first-order valence-corrected chi connectivity index (χ1v) is 7.06. The largest absolute Gasteiger partial charge is 0.481 e. The van der Waals surface area contributed by atoms with E-state index < -0.39 is 17.8 Å². The normalized spacial score (nSPS) is 20.7. The van der Waals surface area contributed by atoms with Gasteiger partial charge in [0.05, 0.1) is 5.92 Å². The molecule has 0 aliphatic heterocycles. The SMILES string of the molecule is O=C(N[C@H]1CCC[C@H]1C(=O)O)c1cc(-c2cccnc2)on1. The highest BCUT2D eigenvalue weighted by Crippen LogP contribution is 2.26. The van der Waals surface area contributed by atoms with Crippen LogP contribution >= 0.6 is 0 Å². The fraction of sp³-hybridized carbons (Fsp3) is 0.333. The van der Waals surface area contributed by atoms with Gasteiger partial charge >= 0.3 is 5.97 Å². The summed E-state index contributed by atoms with van der Waals surface area (Å²) in [5, 5.41) is 15.6. The number of amides is 1. The summed E-state index contributed by atoms with van der Waals surface area (Å²) in [6.45, 7) is 0. The van der Waals surface area contributed by atoms with Crippen molar-refractivity contribution in [2.45, 2.75) is 25.3 Å². The molecule has 2 aromatic heterocycles. The Hall–Kier alpha value is -2.70. The molecular weight excluding hydrogens is 286 g/mol. The molecule has 1 amide bonds. The number of carbonyl (C=O) groups excluding carboxylic acids is 1. The van der Waals surface area contributed by atoms with Gasteiger partial charge in [0.15, 0.2) is 11.5 Å². The molecule has 0 radical (unpaired) electrons. The van der Waals surface area contributed by atoms with Crippen molar-refractivity contribution in [1.29, 1.82) is 0 Å². The number of carboxylic acid groups (broad SMARTS) is 1. The third-order valence-corrected chi connectivity index (χ3v) is 3.84. The Labute approximate surface area is 126 Å². The molecule has 7 heteroatoms. The number of rotatable bonds is 4. The maximum absolute atomic E-state index is 12.2. The molecule has 22 heavy (non-hydrogen) atoms. The molecule has 2 heterocycles. The van der Waals surface area contributed by atoms with Gasteiger partial charge < -0.3 is 14.9 Å². The van der Waals surface area contributed by atoms with Gasteiger partial charge in [0.25, 0.3) is 5.91 Å². The Balaban J connectivity index is 1.71. The smallest absolute Gasteiger partial charge is 0.308 e. The quantitative estimate of drug-likeness (QED) is 0.890. The van der Waals surface area contributed by atoms with Crippen LogP contribution in [0.5, 0.6) is 0 Å². The molecule has 114 valence electrons. The highest BCUT2D eigenvalue weighted by molar-refractivity contribution is 5.93. The fourth-order valence-corrected chi connectivity index (χ4v) is 2.70. The van der Waals surface area contributed by atoms with Crippen LogP contribution in [0.3, 0.4) is 0 Å². The summed E-state index contributed by atoms with van der Waals surface area (Å²) in [5.41, 5.74) is 0.855. The number of aromatic nitrogens is 2. The molecule has 0 spiro atoms. The number of hydrogen-bond donors (Lipinski definition) is 2. The summed E-state index contributed by atoms with van der Waals surface area (Å²) >= 11 is 0. The molecule has 1 saturated carbocycles. The Morgan fingerprint density at radius 1 is 1.36 bits per heavy atom. The average molecular weight is 301 g/mol. The van der Waals surface area contributed by atoms with Crippen LogP contribution in [0, 0.1) is 5.92 Å². The topological polar surface area (TPSA) is 105 Å². The highest BCUT2D eigenvalue weighted by atomic mass is 16.5. The zero-order valence-electron chi connectivity index (χ0n) is 11.7. The van der Waals surface area contributed by atoms with E-state index in [1.807, 2.05) is 0 Å². The second-order valence-corrected chi connectivity index (χ2v) is 5.27. The average Bonchev–Trinajstić information content (AvgIpc) is 3.17. The van der Waals surface area contributed by atoms with Gasteiger partial charge in [-0.05, 0) is 25.0 Å². The zero-order chi connectivity index (χ0) is 15.5. The van der Waals surface area contributed by atoms with E-state index in [9.17, 15) is 9.59 Å². The van der Waals surface area contributed by atoms with E-state index in [1.165, 1.54) is 6.07 Å². The molecular formula is C15H15N3O4. The second kappa shape index (κ2) is 5.97. The number of nitrogens with zero attached hydrogens (tertiary/aromatic N) is 2.